The summed E-state index contributed by atoms with van der Waals surface area (Å²) in [5, 5.41) is 16.3. The summed E-state index contributed by atoms with van der Waals surface area (Å²) in [4.78, 5) is 0. The van der Waals surface area contributed by atoms with Crippen LogP contribution in [0.3, 0.4) is 0 Å². The summed E-state index contributed by atoms with van der Waals surface area (Å²) in [6.07, 6.45) is 4.83. The summed E-state index contributed by atoms with van der Waals surface area (Å²) in [7, 11) is 1.67. The number of benzene rings is 1. The Morgan fingerprint density at radius 3 is 2.62 bits per heavy atom. The highest BCUT2D eigenvalue weighted by Gasteiger charge is 2.11. The normalized spacial score (nSPS) is 11.3. The van der Waals surface area contributed by atoms with Gasteiger partial charge in [-0.25, -0.2) is 4.68 Å². The molecule has 2 aromatic heterocycles. The third-order valence-corrected chi connectivity index (χ3v) is 4.81. The van der Waals surface area contributed by atoms with Crippen LogP contribution in [0.25, 0.3) is 0 Å². The average Bonchev–Trinajstić information content (AvgIpc) is 3.18. The van der Waals surface area contributed by atoms with Gasteiger partial charge in [0.1, 0.15) is 18.4 Å². The number of aromatic nitrogens is 5. The minimum atomic E-state index is 0.621. The van der Waals surface area contributed by atoms with Gasteiger partial charge in [0.25, 0.3) is 0 Å². The zero-order chi connectivity index (χ0) is 17.1. The van der Waals surface area contributed by atoms with Gasteiger partial charge in [-0.2, -0.15) is 10.2 Å². The second kappa shape index (κ2) is 6.96. The number of aryl methyl sites for hydroxylation is 1. The van der Waals surface area contributed by atoms with Crippen molar-refractivity contribution in [2.24, 2.45) is 5.10 Å². The number of methoxy groups -OCH3 is 1. The standard InChI is InChI=1S/C16H17BrN6O/c1-11-16(17)12(2)23(21-11)8-14-6-13(4-5-15(14)24-3)7-20-22-9-18-19-10-22/h4-7,9-10H,8H2,1-3H3/b20-7-. The zero-order valence-electron chi connectivity index (χ0n) is 13.6. The number of nitrogens with zero attached hydrogens (tertiary/aromatic N) is 6. The summed E-state index contributed by atoms with van der Waals surface area (Å²) in [6.45, 7) is 4.64. The Labute approximate surface area is 148 Å². The molecular weight excluding hydrogens is 372 g/mol. The molecule has 0 unspecified atom stereocenters. The first-order chi connectivity index (χ1) is 11.6. The molecule has 124 valence electrons. The highest BCUT2D eigenvalue weighted by atomic mass is 79.9. The molecule has 8 heteroatoms. The van der Waals surface area contributed by atoms with Gasteiger partial charge >= 0.3 is 0 Å². The first-order valence-electron chi connectivity index (χ1n) is 7.34. The van der Waals surface area contributed by atoms with Crippen LogP contribution in [0, 0.1) is 13.8 Å². The van der Waals surface area contributed by atoms with Crippen molar-refractivity contribution in [3.63, 3.8) is 0 Å². The van der Waals surface area contributed by atoms with E-state index in [0.717, 1.165) is 32.7 Å². The minimum Gasteiger partial charge on any atom is -0.496 e. The van der Waals surface area contributed by atoms with Crippen LogP contribution in [0.4, 0.5) is 0 Å². The first-order valence-corrected chi connectivity index (χ1v) is 8.13. The molecule has 0 aliphatic carbocycles. The predicted molar refractivity (Wildman–Crippen MR) is 94.5 cm³/mol. The molecule has 0 atom stereocenters. The van der Waals surface area contributed by atoms with Gasteiger partial charge in [0, 0.05) is 5.56 Å². The molecule has 0 spiro atoms. The lowest BCUT2D eigenvalue weighted by Gasteiger charge is -2.11. The van der Waals surface area contributed by atoms with Gasteiger partial charge in [-0.05, 0) is 53.5 Å². The number of hydrogen-bond acceptors (Lipinski definition) is 5. The van der Waals surface area contributed by atoms with E-state index in [1.54, 1.807) is 18.0 Å². The molecule has 1 aromatic carbocycles. The quantitative estimate of drug-likeness (QED) is 0.630. The van der Waals surface area contributed by atoms with Crippen molar-refractivity contribution in [1.82, 2.24) is 24.7 Å². The van der Waals surface area contributed by atoms with Gasteiger partial charge in [0.15, 0.2) is 0 Å². The lowest BCUT2D eigenvalue weighted by atomic mass is 10.1. The maximum absolute atomic E-state index is 5.48. The molecule has 0 fully saturated rings. The van der Waals surface area contributed by atoms with Gasteiger partial charge in [-0.3, -0.25) is 4.68 Å². The van der Waals surface area contributed by atoms with Gasteiger partial charge in [0.05, 0.1) is 35.7 Å². The van der Waals surface area contributed by atoms with Crippen molar-refractivity contribution in [2.45, 2.75) is 20.4 Å². The smallest absolute Gasteiger partial charge is 0.141 e. The summed E-state index contributed by atoms with van der Waals surface area (Å²) < 4.78 is 10.0. The van der Waals surface area contributed by atoms with Crippen LogP contribution < -0.4 is 4.74 Å². The topological polar surface area (TPSA) is 70.1 Å². The Hall–Kier alpha value is -2.48. The fourth-order valence-corrected chi connectivity index (χ4v) is 2.66. The van der Waals surface area contributed by atoms with E-state index in [4.69, 9.17) is 4.74 Å². The Kier molecular flexibility index (Phi) is 4.75. The van der Waals surface area contributed by atoms with Crippen LogP contribution in [-0.2, 0) is 6.54 Å². The fourth-order valence-electron chi connectivity index (χ4n) is 2.38. The third-order valence-electron chi connectivity index (χ3n) is 3.66. The number of hydrogen-bond donors (Lipinski definition) is 0. The third kappa shape index (κ3) is 3.38. The van der Waals surface area contributed by atoms with Crippen molar-refractivity contribution in [1.29, 1.82) is 0 Å². The van der Waals surface area contributed by atoms with E-state index in [9.17, 15) is 0 Å². The van der Waals surface area contributed by atoms with Crippen molar-refractivity contribution < 1.29 is 4.74 Å². The van der Waals surface area contributed by atoms with Crippen LogP contribution in [0.5, 0.6) is 5.75 Å². The Balaban J connectivity index is 1.90. The molecule has 0 N–H and O–H groups in total. The maximum atomic E-state index is 5.48. The summed E-state index contributed by atoms with van der Waals surface area (Å²) >= 11 is 3.56. The molecule has 24 heavy (non-hydrogen) atoms. The molecule has 3 aromatic rings. The molecule has 3 rings (SSSR count). The molecular formula is C16H17BrN6O. The summed E-state index contributed by atoms with van der Waals surface area (Å²) in [5.74, 6) is 0.820. The van der Waals surface area contributed by atoms with E-state index in [-0.39, 0.29) is 0 Å². The van der Waals surface area contributed by atoms with Crippen LogP contribution in [0.15, 0.2) is 40.4 Å². The molecule has 0 aliphatic heterocycles. The monoisotopic (exact) mass is 388 g/mol. The number of ether oxygens (including phenoxy) is 1. The van der Waals surface area contributed by atoms with E-state index < -0.39 is 0 Å². The molecule has 0 saturated heterocycles. The Morgan fingerprint density at radius 1 is 1.25 bits per heavy atom. The second-order valence-corrected chi connectivity index (χ2v) is 6.09. The van der Waals surface area contributed by atoms with E-state index >= 15 is 0 Å². The molecule has 2 heterocycles. The summed E-state index contributed by atoms with van der Waals surface area (Å²) in [6, 6.07) is 5.92. The van der Waals surface area contributed by atoms with E-state index in [2.05, 4.69) is 36.3 Å². The highest BCUT2D eigenvalue weighted by molar-refractivity contribution is 9.10. The van der Waals surface area contributed by atoms with Crippen LogP contribution in [-0.4, -0.2) is 38.0 Å². The van der Waals surface area contributed by atoms with Crippen LogP contribution >= 0.6 is 15.9 Å². The summed E-state index contributed by atoms with van der Waals surface area (Å²) in [5.41, 5.74) is 4.04. The van der Waals surface area contributed by atoms with Crippen LogP contribution in [0.2, 0.25) is 0 Å². The second-order valence-electron chi connectivity index (χ2n) is 5.30. The lowest BCUT2D eigenvalue weighted by molar-refractivity contribution is 0.407. The number of rotatable bonds is 5. The maximum Gasteiger partial charge on any atom is 0.141 e. The van der Waals surface area contributed by atoms with Crippen molar-refractivity contribution >= 4 is 22.1 Å². The molecule has 0 amide bonds. The van der Waals surface area contributed by atoms with Crippen molar-refractivity contribution in [3.05, 3.63) is 57.8 Å². The molecule has 0 radical (unpaired) electrons. The Bertz CT molecular complexity index is 869. The number of halogens is 1. The first kappa shape index (κ1) is 16.4. The predicted octanol–water partition coefficient (Wildman–Crippen LogP) is 2.79. The molecule has 7 nitrogen and oxygen atoms in total. The van der Waals surface area contributed by atoms with E-state index in [0.29, 0.717) is 6.54 Å². The highest BCUT2D eigenvalue weighted by Crippen LogP contribution is 2.24. The van der Waals surface area contributed by atoms with Crippen molar-refractivity contribution in [3.8, 4) is 5.75 Å². The SMILES string of the molecule is COc1ccc(/C=N\n2cnnc2)cc1Cn1nc(C)c(Br)c1C. The average molecular weight is 389 g/mol. The van der Waals surface area contributed by atoms with Gasteiger partial charge < -0.3 is 4.74 Å². The van der Waals surface area contributed by atoms with E-state index in [1.165, 1.54) is 12.7 Å². The molecule has 0 aliphatic rings. The Morgan fingerprint density at radius 2 is 2.00 bits per heavy atom. The largest absolute Gasteiger partial charge is 0.496 e. The molecule has 0 bridgehead atoms. The van der Waals surface area contributed by atoms with Gasteiger partial charge in [-0.15, -0.1) is 10.2 Å². The van der Waals surface area contributed by atoms with Gasteiger partial charge in [-0.1, -0.05) is 0 Å². The van der Waals surface area contributed by atoms with E-state index in [1.807, 2.05) is 36.7 Å². The minimum absolute atomic E-state index is 0.621. The van der Waals surface area contributed by atoms with Gasteiger partial charge in [0.2, 0.25) is 0 Å². The zero-order valence-corrected chi connectivity index (χ0v) is 15.2. The lowest BCUT2D eigenvalue weighted by Crippen LogP contribution is -2.06. The fraction of sp³-hybridized carbons (Fsp3) is 0.250. The van der Waals surface area contributed by atoms with Crippen molar-refractivity contribution in [2.75, 3.05) is 7.11 Å². The van der Waals surface area contributed by atoms with Crippen LogP contribution in [0.1, 0.15) is 22.5 Å². The molecule has 0 saturated carbocycles.